The fourth-order valence-electron chi connectivity index (χ4n) is 4.99. The zero-order valence-electron chi connectivity index (χ0n) is 26.0. The second-order valence-electron chi connectivity index (χ2n) is 11.0. The highest BCUT2D eigenvalue weighted by atomic mass is 35.5. The number of carbonyl (C=O) groups excluding carboxylic acids is 3. The van der Waals surface area contributed by atoms with Crippen molar-refractivity contribution in [3.05, 3.63) is 70.2 Å². The van der Waals surface area contributed by atoms with Gasteiger partial charge in [-0.1, -0.05) is 6.07 Å². The number of likely N-dealkylation sites (N-methyl/N-ethyl adjacent to an activating group) is 1. The molecule has 0 spiro atoms. The lowest BCUT2D eigenvalue weighted by atomic mass is 9.90. The van der Waals surface area contributed by atoms with Gasteiger partial charge in [-0.3, -0.25) is 19.4 Å². The molecular formula is C32H43Cl2N5O4S. The minimum absolute atomic E-state index is 0. The summed E-state index contributed by atoms with van der Waals surface area (Å²) in [6, 6.07) is 13.6. The van der Waals surface area contributed by atoms with Crippen molar-refractivity contribution in [2.45, 2.75) is 46.6 Å². The molecule has 0 unspecified atom stereocenters. The number of amides is 3. The molecule has 0 radical (unpaired) electrons. The molecule has 0 aliphatic carbocycles. The zero-order valence-corrected chi connectivity index (χ0v) is 28.4. The number of carbonyl (C=O) groups is 3. The lowest BCUT2D eigenvalue weighted by molar-refractivity contribution is -0.137. The Hall–Kier alpha value is -3.18. The lowest BCUT2D eigenvalue weighted by Crippen LogP contribution is -2.47. The summed E-state index contributed by atoms with van der Waals surface area (Å²) in [7, 11) is 3.55. The highest BCUT2D eigenvalue weighted by molar-refractivity contribution is 7.10. The normalized spacial score (nSPS) is 13.8. The molecule has 4 rings (SSSR count). The van der Waals surface area contributed by atoms with E-state index in [2.05, 4.69) is 16.4 Å². The van der Waals surface area contributed by atoms with E-state index in [0.29, 0.717) is 56.3 Å². The van der Waals surface area contributed by atoms with Crippen LogP contribution in [0.3, 0.4) is 0 Å². The summed E-state index contributed by atoms with van der Waals surface area (Å²) >= 11 is 1.61. The number of benzene rings is 1. The van der Waals surface area contributed by atoms with E-state index in [1.54, 1.807) is 46.9 Å². The van der Waals surface area contributed by atoms with E-state index in [9.17, 15) is 14.4 Å². The number of nitrogens with one attached hydrogen (secondary N) is 1. The van der Waals surface area contributed by atoms with Crippen molar-refractivity contribution in [3.8, 4) is 5.75 Å². The Morgan fingerprint density at radius 3 is 2.57 bits per heavy atom. The van der Waals surface area contributed by atoms with Crippen molar-refractivity contribution in [2.24, 2.45) is 5.41 Å². The van der Waals surface area contributed by atoms with E-state index in [4.69, 9.17) is 4.74 Å². The third-order valence-electron chi connectivity index (χ3n) is 7.55. The van der Waals surface area contributed by atoms with Gasteiger partial charge >= 0.3 is 0 Å². The molecular weight excluding hydrogens is 621 g/mol. The number of pyridine rings is 1. The molecule has 2 aromatic heterocycles. The van der Waals surface area contributed by atoms with Crippen LogP contribution < -0.4 is 19.9 Å². The highest BCUT2D eigenvalue weighted by Gasteiger charge is 2.45. The number of aromatic nitrogens is 1. The smallest absolute Gasteiger partial charge is 0.242 e. The Balaban J connectivity index is 0.00000337. The summed E-state index contributed by atoms with van der Waals surface area (Å²) in [5.41, 5.74) is 2.37. The summed E-state index contributed by atoms with van der Waals surface area (Å²) < 4.78 is 6.04. The molecule has 12 heteroatoms. The van der Waals surface area contributed by atoms with Crippen LogP contribution in [0.2, 0.25) is 0 Å². The van der Waals surface area contributed by atoms with Gasteiger partial charge in [-0.2, -0.15) is 0 Å². The maximum Gasteiger partial charge on any atom is 0.242 e. The molecule has 1 aromatic carbocycles. The first-order valence-corrected chi connectivity index (χ1v) is 15.3. The topological polar surface area (TPSA) is 95.1 Å². The summed E-state index contributed by atoms with van der Waals surface area (Å²) in [5, 5.41) is 5.41. The fraction of sp³-hybridized carbons (Fsp3) is 0.438. The fourth-order valence-corrected chi connectivity index (χ4v) is 5.69. The van der Waals surface area contributed by atoms with E-state index in [1.165, 1.54) is 0 Å². The SMILES string of the molecule is CCN1C(=O)C(C)(C)C(=O)N(C)c2cc(OCCCc3cc(CNCCN(C)C(=O)Cc4cccs4)ccn3)ccc21.Cl.Cl. The number of ether oxygens (including phenoxy) is 1. The molecule has 3 heterocycles. The van der Waals surface area contributed by atoms with E-state index in [0.717, 1.165) is 29.0 Å². The molecule has 240 valence electrons. The van der Waals surface area contributed by atoms with Gasteiger partial charge in [0, 0.05) is 63.1 Å². The van der Waals surface area contributed by atoms with Crippen molar-refractivity contribution in [2.75, 3.05) is 50.1 Å². The first-order valence-electron chi connectivity index (χ1n) is 14.4. The summed E-state index contributed by atoms with van der Waals surface area (Å²) in [6.07, 6.45) is 3.82. The van der Waals surface area contributed by atoms with Gasteiger partial charge < -0.3 is 24.8 Å². The van der Waals surface area contributed by atoms with Gasteiger partial charge in [0.1, 0.15) is 11.2 Å². The Labute approximate surface area is 276 Å². The average molecular weight is 665 g/mol. The molecule has 0 saturated carbocycles. The van der Waals surface area contributed by atoms with Gasteiger partial charge in [-0.15, -0.1) is 36.2 Å². The number of hydrogen-bond acceptors (Lipinski definition) is 7. The lowest BCUT2D eigenvalue weighted by Gasteiger charge is -2.27. The second-order valence-corrected chi connectivity index (χ2v) is 12.1. The third-order valence-corrected chi connectivity index (χ3v) is 8.42. The van der Waals surface area contributed by atoms with E-state index >= 15 is 0 Å². The van der Waals surface area contributed by atoms with E-state index in [-0.39, 0.29) is 42.5 Å². The van der Waals surface area contributed by atoms with Crippen LogP contribution in [0.1, 0.15) is 43.3 Å². The predicted octanol–water partition coefficient (Wildman–Crippen LogP) is 5.14. The number of rotatable bonds is 13. The number of anilines is 2. The van der Waals surface area contributed by atoms with Crippen LogP contribution >= 0.6 is 36.2 Å². The Morgan fingerprint density at radius 2 is 1.86 bits per heavy atom. The van der Waals surface area contributed by atoms with Crippen LogP contribution in [-0.4, -0.2) is 67.9 Å². The van der Waals surface area contributed by atoms with Gasteiger partial charge in [0.15, 0.2) is 0 Å². The monoisotopic (exact) mass is 663 g/mol. The van der Waals surface area contributed by atoms with Gasteiger partial charge in [-0.05, 0) is 74.9 Å². The molecule has 3 amide bonds. The van der Waals surface area contributed by atoms with Crippen LogP contribution in [0.25, 0.3) is 0 Å². The van der Waals surface area contributed by atoms with Crippen molar-refractivity contribution in [1.29, 1.82) is 0 Å². The van der Waals surface area contributed by atoms with Crippen molar-refractivity contribution in [3.63, 3.8) is 0 Å². The van der Waals surface area contributed by atoms with Crippen LogP contribution in [0.4, 0.5) is 11.4 Å². The first kappa shape index (κ1) is 37.0. The molecule has 1 N–H and O–H groups in total. The van der Waals surface area contributed by atoms with Crippen molar-refractivity contribution < 1.29 is 19.1 Å². The molecule has 9 nitrogen and oxygen atoms in total. The zero-order chi connectivity index (χ0) is 30.3. The molecule has 0 atom stereocenters. The Morgan fingerprint density at radius 1 is 1.09 bits per heavy atom. The van der Waals surface area contributed by atoms with Crippen molar-refractivity contribution in [1.82, 2.24) is 15.2 Å². The van der Waals surface area contributed by atoms with E-state index in [1.807, 2.05) is 61.9 Å². The highest BCUT2D eigenvalue weighted by Crippen LogP contribution is 2.40. The Bertz CT molecular complexity index is 1400. The van der Waals surface area contributed by atoms with Crippen molar-refractivity contribution >= 4 is 65.2 Å². The number of nitrogens with zero attached hydrogens (tertiary/aromatic N) is 4. The maximum absolute atomic E-state index is 13.1. The minimum Gasteiger partial charge on any atom is -0.494 e. The number of fused-ring (bicyclic) bond motifs is 1. The second kappa shape index (κ2) is 16.8. The summed E-state index contributed by atoms with van der Waals surface area (Å²) in [5.74, 6) is 0.339. The molecule has 1 aliphatic heterocycles. The average Bonchev–Trinajstić information content (AvgIpc) is 3.49. The van der Waals surface area contributed by atoms with Crippen LogP contribution in [-0.2, 0) is 33.8 Å². The molecule has 1 aliphatic rings. The minimum atomic E-state index is -1.14. The third kappa shape index (κ3) is 8.94. The molecule has 44 heavy (non-hydrogen) atoms. The molecule has 3 aromatic rings. The van der Waals surface area contributed by atoms with Gasteiger partial charge in [0.2, 0.25) is 17.7 Å². The van der Waals surface area contributed by atoms with Gasteiger partial charge in [-0.25, -0.2) is 0 Å². The largest absolute Gasteiger partial charge is 0.494 e. The molecule has 0 saturated heterocycles. The quantitative estimate of drug-likeness (QED) is 0.201. The number of hydrogen-bond donors (Lipinski definition) is 1. The maximum atomic E-state index is 13.1. The van der Waals surface area contributed by atoms with Crippen LogP contribution in [0.5, 0.6) is 5.75 Å². The standard InChI is InChI=1S/C32H41N5O4S.2ClH/c1-6-37-27-12-11-25(20-28(27)36(5)30(39)32(2,3)31(37)40)41-17-7-9-24-19-23(13-14-34-24)22-33-15-16-35(4)29(38)21-26-10-8-18-42-26;;/h8,10-14,18-20,33H,6-7,9,15-17,21-22H2,1-5H3;2*1H. The number of thiophene rings is 1. The van der Waals surface area contributed by atoms with Gasteiger partial charge in [0.25, 0.3) is 0 Å². The predicted molar refractivity (Wildman–Crippen MR) is 182 cm³/mol. The van der Waals surface area contributed by atoms with Crippen LogP contribution in [0.15, 0.2) is 54.0 Å². The van der Waals surface area contributed by atoms with E-state index < -0.39 is 5.41 Å². The van der Waals surface area contributed by atoms with Crippen LogP contribution in [0, 0.1) is 5.41 Å². The molecule has 0 fully saturated rings. The summed E-state index contributed by atoms with van der Waals surface area (Å²) in [6.45, 7) is 8.29. The van der Waals surface area contributed by atoms with Gasteiger partial charge in [0.05, 0.1) is 24.4 Å². The molecule has 0 bridgehead atoms. The number of aryl methyl sites for hydroxylation is 1. The summed E-state index contributed by atoms with van der Waals surface area (Å²) in [4.78, 5) is 49.1. The first-order chi connectivity index (χ1) is 20.1. The number of halogens is 2. The Kier molecular flexibility index (Phi) is 14.1.